The van der Waals surface area contributed by atoms with Crippen molar-refractivity contribution in [2.24, 2.45) is 11.7 Å². The Labute approximate surface area is 86.0 Å². The maximum absolute atomic E-state index is 11.8. The summed E-state index contributed by atoms with van der Waals surface area (Å²) in [5.41, 5.74) is 5.58. The zero-order valence-corrected chi connectivity index (χ0v) is 9.20. The molecule has 4 heteroatoms. The Balaban J connectivity index is 2.38. The number of nitrogens with zero attached hydrogens (tertiary/aromatic N) is 2. The fraction of sp³-hybridized carbons (Fsp3) is 0.900. The van der Waals surface area contributed by atoms with Crippen LogP contribution in [0.25, 0.3) is 0 Å². The molecule has 14 heavy (non-hydrogen) atoms. The number of carbonyl (C=O) groups is 1. The number of nitrogens with two attached hydrogens (primary N) is 1. The quantitative estimate of drug-likeness (QED) is 0.728. The lowest BCUT2D eigenvalue weighted by atomic mass is 10.1. The SMILES string of the molecule is CCCN(C)C(=O)N1CCC(CN)C1. The Morgan fingerprint density at radius 2 is 2.36 bits per heavy atom. The van der Waals surface area contributed by atoms with Gasteiger partial charge in [-0.1, -0.05) is 6.92 Å². The van der Waals surface area contributed by atoms with Gasteiger partial charge in [0.1, 0.15) is 0 Å². The number of hydrogen-bond acceptors (Lipinski definition) is 2. The van der Waals surface area contributed by atoms with Gasteiger partial charge in [-0.25, -0.2) is 4.79 Å². The molecule has 1 fully saturated rings. The molecule has 1 atom stereocenters. The van der Waals surface area contributed by atoms with Crippen molar-refractivity contribution in [1.29, 1.82) is 0 Å². The van der Waals surface area contributed by atoms with E-state index in [-0.39, 0.29) is 6.03 Å². The van der Waals surface area contributed by atoms with E-state index in [2.05, 4.69) is 6.92 Å². The number of hydrogen-bond donors (Lipinski definition) is 1. The Kier molecular flexibility index (Phi) is 4.20. The highest BCUT2D eigenvalue weighted by Crippen LogP contribution is 2.16. The normalized spacial score (nSPS) is 21.4. The lowest BCUT2D eigenvalue weighted by Crippen LogP contribution is -2.40. The van der Waals surface area contributed by atoms with Crippen LogP contribution in [-0.4, -0.2) is 49.1 Å². The molecule has 0 radical (unpaired) electrons. The van der Waals surface area contributed by atoms with Gasteiger partial charge in [-0.3, -0.25) is 0 Å². The van der Waals surface area contributed by atoms with Crippen LogP contribution in [0.5, 0.6) is 0 Å². The summed E-state index contributed by atoms with van der Waals surface area (Å²) >= 11 is 0. The summed E-state index contributed by atoms with van der Waals surface area (Å²) < 4.78 is 0. The van der Waals surface area contributed by atoms with Gasteiger partial charge in [-0.2, -0.15) is 0 Å². The number of rotatable bonds is 3. The molecule has 0 aliphatic carbocycles. The average Bonchev–Trinajstić information content (AvgIpc) is 2.65. The average molecular weight is 199 g/mol. The topological polar surface area (TPSA) is 49.6 Å². The largest absolute Gasteiger partial charge is 0.330 e. The molecular weight excluding hydrogens is 178 g/mol. The predicted octanol–water partition coefficient (Wildman–Crippen LogP) is 0.729. The van der Waals surface area contributed by atoms with Crippen LogP contribution in [0.15, 0.2) is 0 Å². The number of likely N-dealkylation sites (tertiary alicyclic amines) is 1. The zero-order valence-electron chi connectivity index (χ0n) is 9.20. The molecule has 2 N–H and O–H groups in total. The molecular formula is C10H21N3O. The fourth-order valence-electron chi connectivity index (χ4n) is 1.87. The Hall–Kier alpha value is -0.770. The van der Waals surface area contributed by atoms with E-state index < -0.39 is 0 Å². The molecule has 0 aromatic rings. The molecule has 2 amide bonds. The summed E-state index contributed by atoms with van der Waals surface area (Å²) in [5.74, 6) is 0.508. The van der Waals surface area contributed by atoms with Crippen molar-refractivity contribution >= 4 is 6.03 Å². The molecule has 1 saturated heterocycles. The molecule has 0 spiro atoms. The van der Waals surface area contributed by atoms with Gasteiger partial charge in [-0.15, -0.1) is 0 Å². The highest BCUT2D eigenvalue weighted by molar-refractivity contribution is 5.74. The van der Waals surface area contributed by atoms with E-state index >= 15 is 0 Å². The molecule has 1 heterocycles. The minimum atomic E-state index is 0.155. The van der Waals surface area contributed by atoms with E-state index in [0.717, 1.165) is 32.5 Å². The molecule has 4 nitrogen and oxygen atoms in total. The van der Waals surface area contributed by atoms with Crippen molar-refractivity contribution in [1.82, 2.24) is 9.80 Å². The maximum atomic E-state index is 11.8. The summed E-state index contributed by atoms with van der Waals surface area (Å²) in [6.45, 7) is 5.32. The smallest absolute Gasteiger partial charge is 0.319 e. The van der Waals surface area contributed by atoms with Gasteiger partial charge in [0.2, 0.25) is 0 Å². The summed E-state index contributed by atoms with van der Waals surface area (Å²) in [6, 6.07) is 0.155. The fourth-order valence-corrected chi connectivity index (χ4v) is 1.87. The van der Waals surface area contributed by atoms with Crippen LogP contribution in [0.2, 0.25) is 0 Å². The second-order valence-electron chi connectivity index (χ2n) is 4.04. The summed E-state index contributed by atoms with van der Waals surface area (Å²) in [6.07, 6.45) is 2.07. The highest BCUT2D eigenvalue weighted by Gasteiger charge is 2.26. The third-order valence-corrected chi connectivity index (χ3v) is 2.78. The second-order valence-corrected chi connectivity index (χ2v) is 4.04. The van der Waals surface area contributed by atoms with Crippen molar-refractivity contribution in [2.45, 2.75) is 19.8 Å². The van der Waals surface area contributed by atoms with Gasteiger partial charge < -0.3 is 15.5 Å². The first-order valence-corrected chi connectivity index (χ1v) is 5.39. The number of carbonyl (C=O) groups excluding carboxylic acids is 1. The highest BCUT2D eigenvalue weighted by atomic mass is 16.2. The van der Waals surface area contributed by atoms with Crippen LogP contribution in [0.4, 0.5) is 4.79 Å². The number of amides is 2. The van der Waals surface area contributed by atoms with E-state index in [4.69, 9.17) is 5.73 Å². The van der Waals surface area contributed by atoms with E-state index in [1.54, 1.807) is 4.90 Å². The van der Waals surface area contributed by atoms with E-state index in [1.807, 2.05) is 11.9 Å². The molecule has 1 unspecified atom stereocenters. The van der Waals surface area contributed by atoms with Crippen LogP contribution in [0, 0.1) is 5.92 Å². The summed E-state index contributed by atoms with van der Waals surface area (Å²) in [7, 11) is 1.86. The molecule has 1 aliphatic rings. The minimum Gasteiger partial charge on any atom is -0.330 e. The first-order chi connectivity index (χ1) is 6.69. The van der Waals surface area contributed by atoms with Gasteiger partial charge in [0.15, 0.2) is 0 Å². The summed E-state index contributed by atoms with van der Waals surface area (Å²) in [4.78, 5) is 15.5. The van der Waals surface area contributed by atoms with Gasteiger partial charge >= 0.3 is 6.03 Å². The van der Waals surface area contributed by atoms with E-state index in [9.17, 15) is 4.79 Å². The molecule has 82 valence electrons. The van der Waals surface area contributed by atoms with Gasteiger partial charge in [0, 0.05) is 26.7 Å². The third-order valence-electron chi connectivity index (χ3n) is 2.78. The minimum absolute atomic E-state index is 0.155. The van der Waals surface area contributed by atoms with Crippen molar-refractivity contribution in [3.8, 4) is 0 Å². The van der Waals surface area contributed by atoms with Gasteiger partial charge in [0.05, 0.1) is 0 Å². The molecule has 1 aliphatic heterocycles. The molecule has 0 aromatic heterocycles. The van der Waals surface area contributed by atoms with Crippen molar-refractivity contribution < 1.29 is 4.79 Å². The second kappa shape index (κ2) is 5.20. The van der Waals surface area contributed by atoms with Crippen molar-refractivity contribution in [3.05, 3.63) is 0 Å². The summed E-state index contributed by atoms with van der Waals surface area (Å²) in [5, 5.41) is 0. The standard InChI is InChI=1S/C10H21N3O/c1-3-5-12(2)10(14)13-6-4-9(7-11)8-13/h9H,3-8,11H2,1-2H3. The van der Waals surface area contributed by atoms with Crippen molar-refractivity contribution in [2.75, 3.05) is 33.2 Å². The zero-order chi connectivity index (χ0) is 10.6. The predicted molar refractivity (Wildman–Crippen MR) is 57.1 cm³/mol. The number of urea groups is 1. The monoisotopic (exact) mass is 199 g/mol. The van der Waals surface area contributed by atoms with Crippen molar-refractivity contribution in [3.63, 3.8) is 0 Å². The lowest BCUT2D eigenvalue weighted by Gasteiger charge is -2.24. The Bertz CT molecular complexity index is 196. The van der Waals surface area contributed by atoms with Crippen LogP contribution < -0.4 is 5.73 Å². The first-order valence-electron chi connectivity index (χ1n) is 5.39. The van der Waals surface area contributed by atoms with E-state index in [1.165, 1.54) is 0 Å². The lowest BCUT2D eigenvalue weighted by molar-refractivity contribution is 0.171. The maximum Gasteiger partial charge on any atom is 0.319 e. The van der Waals surface area contributed by atoms with E-state index in [0.29, 0.717) is 12.5 Å². The van der Waals surface area contributed by atoms with Crippen LogP contribution in [-0.2, 0) is 0 Å². The molecule has 1 rings (SSSR count). The molecule has 0 bridgehead atoms. The Morgan fingerprint density at radius 3 is 2.86 bits per heavy atom. The van der Waals surface area contributed by atoms with Crippen LogP contribution in [0.1, 0.15) is 19.8 Å². The van der Waals surface area contributed by atoms with Crippen LogP contribution in [0.3, 0.4) is 0 Å². The third kappa shape index (κ3) is 2.61. The van der Waals surface area contributed by atoms with Gasteiger partial charge in [-0.05, 0) is 25.3 Å². The first kappa shape index (κ1) is 11.3. The molecule has 0 aromatic carbocycles. The van der Waals surface area contributed by atoms with Crippen LogP contribution >= 0.6 is 0 Å². The Morgan fingerprint density at radius 1 is 1.64 bits per heavy atom. The van der Waals surface area contributed by atoms with Gasteiger partial charge in [0.25, 0.3) is 0 Å². The molecule has 0 saturated carbocycles.